The standard InChI is InChI=1S/C24H33N5O6/c1-18(30)33-17-20-14-28(26-25-20)11-10-21-15-27(12-13-29(21)23(32)35-24(2,3)4)22(31)34-16-19-8-6-5-7-9-19/h5-9,14,21H,10-13,15-17H2,1-4H3/t21-/m1/s1. The van der Waals surface area contributed by atoms with Gasteiger partial charge >= 0.3 is 18.2 Å². The predicted molar refractivity (Wildman–Crippen MR) is 125 cm³/mol. The highest BCUT2D eigenvalue weighted by molar-refractivity contribution is 5.71. The van der Waals surface area contributed by atoms with Crippen LogP contribution in [0.2, 0.25) is 0 Å². The number of ether oxygens (including phenoxy) is 3. The fourth-order valence-corrected chi connectivity index (χ4v) is 3.61. The van der Waals surface area contributed by atoms with Gasteiger partial charge in [0.15, 0.2) is 0 Å². The molecule has 190 valence electrons. The summed E-state index contributed by atoms with van der Waals surface area (Å²) in [7, 11) is 0. The van der Waals surface area contributed by atoms with Crippen LogP contribution in [0.15, 0.2) is 36.5 Å². The SMILES string of the molecule is CC(=O)OCc1cn(CC[C@@H]2CN(C(=O)OCc3ccccc3)CCN2C(=O)OC(C)(C)C)nn1. The van der Waals surface area contributed by atoms with Gasteiger partial charge in [-0.3, -0.25) is 9.48 Å². The second kappa shape index (κ2) is 11.7. The molecule has 1 aromatic carbocycles. The van der Waals surface area contributed by atoms with Gasteiger partial charge in [-0.2, -0.15) is 0 Å². The van der Waals surface area contributed by atoms with Crippen LogP contribution in [0.3, 0.4) is 0 Å². The van der Waals surface area contributed by atoms with Crippen LogP contribution in [0, 0.1) is 0 Å². The number of nitrogens with zero attached hydrogens (tertiary/aromatic N) is 5. The Kier molecular flexibility index (Phi) is 8.67. The Morgan fingerprint density at radius 1 is 1.03 bits per heavy atom. The molecule has 2 aromatic rings. The van der Waals surface area contributed by atoms with Gasteiger partial charge in [-0.05, 0) is 32.8 Å². The van der Waals surface area contributed by atoms with Gasteiger partial charge in [0.25, 0.3) is 0 Å². The third kappa shape index (κ3) is 8.27. The molecule has 0 aliphatic carbocycles. The lowest BCUT2D eigenvalue weighted by molar-refractivity contribution is -0.142. The first-order chi connectivity index (χ1) is 16.6. The van der Waals surface area contributed by atoms with E-state index in [-0.39, 0.29) is 19.3 Å². The molecule has 0 N–H and O–H groups in total. The molecule has 1 aliphatic heterocycles. The van der Waals surface area contributed by atoms with Crippen LogP contribution in [0.1, 0.15) is 45.4 Å². The summed E-state index contributed by atoms with van der Waals surface area (Å²) in [4.78, 5) is 39.9. The molecule has 0 unspecified atom stereocenters. The van der Waals surface area contributed by atoms with E-state index < -0.39 is 23.8 Å². The summed E-state index contributed by atoms with van der Waals surface area (Å²) >= 11 is 0. The number of aromatic nitrogens is 3. The monoisotopic (exact) mass is 487 g/mol. The number of benzene rings is 1. The van der Waals surface area contributed by atoms with Crippen molar-refractivity contribution in [1.29, 1.82) is 0 Å². The summed E-state index contributed by atoms with van der Waals surface area (Å²) in [5.74, 6) is -0.394. The van der Waals surface area contributed by atoms with E-state index in [9.17, 15) is 14.4 Å². The van der Waals surface area contributed by atoms with Crippen molar-refractivity contribution in [2.24, 2.45) is 0 Å². The second-order valence-corrected chi connectivity index (χ2v) is 9.36. The number of hydrogen-bond acceptors (Lipinski definition) is 8. The molecule has 35 heavy (non-hydrogen) atoms. The zero-order valence-electron chi connectivity index (χ0n) is 20.7. The van der Waals surface area contributed by atoms with Gasteiger partial charge < -0.3 is 24.0 Å². The van der Waals surface area contributed by atoms with Crippen LogP contribution >= 0.6 is 0 Å². The largest absolute Gasteiger partial charge is 0.459 e. The Bertz CT molecular complexity index is 1000. The molecular weight excluding hydrogens is 454 g/mol. The molecule has 3 rings (SSSR count). The molecular formula is C24H33N5O6. The van der Waals surface area contributed by atoms with Gasteiger partial charge in [-0.15, -0.1) is 5.10 Å². The topological polar surface area (TPSA) is 116 Å². The number of rotatable bonds is 7. The first-order valence-corrected chi connectivity index (χ1v) is 11.6. The van der Waals surface area contributed by atoms with Crippen molar-refractivity contribution in [2.75, 3.05) is 19.6 Å². The summed E-state index contributed by atoms with van der Waals surface area (Å²) in [5.41, 5.74) is 0.796. The minimum Gasteiger partial charge on any atom is -0.459 e. The highest BCUT2D eigenvalue weighted by atomic mass is 16.6. The summed E-state index contributed by atoms with van der Waals surface area (Å²) in [5, 5.41) is 8.06. The van der Waals surface area contributed by atoms with E-state index in [4.69, 9.17) is 14.2 Å². The van der Waals surface area contributed by atoms with Gasteiger partial charge in [0.2, 0.25) is 0 Å². The van der Waals surface area contributed by atoms with Crippen molar-refractivity contribution < 1.29 is 28.6 Å². The number of carbonyl (C=O) groups is 3. The highest BCUT2D eigenvalue weighted by Gasteiger charge is 2.35. The highest BCUT2D eigenvalue weighted by Crippen LogP contribution is 2.19. The Morgan fingerprint density at radius 3 is 2.46 bits per heavy atom. The molecule has 1 fully saturated rings. The summed E-state index contributed by atoms with van der Waals surface area (Å²) in [6, 6.07) is 9.17. The zero-order valence-corrected chi connectivity index (χ0v) is 20.7. The predicted octanol–water partition coefficient (Wildman–Crippen LogP) is 2.99. The van der Waals surface area contributed by atoms with E-state index in [1.165, 1.54) is 6.92 Å². The van der Waals surface area contributed by atoms with Crippen LogP contribution in [0.4, 0.5) is 9.59 Å². The Labute approximate surface area is 204 Å². The minimum absolute atomic E-state index is 0.0455. The lowest BCUT2D eigenvalue weighted by atomic mass is 10.1. The Hall–Kier alpha value is -3.63. The summed E-state index contributed by atoms with van der Waals surface area (Å²) < 4.78 is 17.6. The summed E-state index contributed by atoms with van der Waals surface area (Å²) in [6.07, 6.45) is 1.36. The van der Waals surface area contributed by atoms with Gasteiger partial charge in [0.05, 0.1) is 12.2 Å². The molecule has 1 aromatic heterocycles. The zero-order chi connectivity index (χ0) is 25.4. The number of aryl methyl sites for hydroxylation is 1. The molecule has 1 atom stereocenters. The molecule has 1 aliphatic rings. The number of hydrogen-bond donors (Lipinski definition) is 0. The molecule has 0 saturated carbocycles. The molecule has 0 radical (unpaired) electrons. The van der Waals surface area contributed by atoms with Crippen LogP contribution in [0.5, 0.6) is 0 Å². The van der Waals surface area contributed by atoms with Gasteiger partial charge in [-0.1, -0.05) is 35.5 Å². The lowest BCUT2D eigenvalue weighted by Gasteiger charge is -2.41. The van der Waals surface area contributed by atoms with Crippen molar-refractivity contribution in [3.05, 3.63) is 47.8 Å². The molecule has 11 nitrogen and oxygen atoms in total. The van der Waals surface area contributed by atoms with Crippen molar-refractivity contribution in [3.63, 3.8) is 0 Å². The number of carbonyl (C=O) groups excluding carboxylic acids is 3. The molecule has 2 heterocycles. The number of piperazine rings is 1. The van der Waals surface area contributed by atoms with Crippen LogP contribution in [-0.2, 0) is 38.8 Å². The average Bonchev–Trinajstić information content (AvgIpc) is 3.27. The fourth-order valence-electron chi connectivity index (χ4n) is 3.61. The lowest BCUT2D eigenvalue weighted by Crippen LogP contribution is -2.57. The normalized spacial score (nSPS) is 16.1. The van der Waals surface area contributed by atoms with Crippen molar-refractivity contribution in [1.82, 2.24) is 24.8 Å². The third-order valence-electron chi connectivity index (χ3n) is 5.27. The van der Waals surface area contributed by atoms with Crippen molar-refractivity contribution in [3.8, 4) is 0 Å². The maximum atomic E-state index is 12.9. The van der Waals surface area contributed by atoms with E-state index in [1.54, 1.807) is 20.7 Å². The molecule has 0 bridgehead atoms. The maximum Gasteiger partial charge on any atom is 0.410 e. The van der Waals surface area contributed by atoms with Gasteiger partial charge in [-0.25, -0.2) is 9.59 Å². The molecule has 1 saturated heterocycles. The van der Waals surface area contributed by atoms with Gasteiger partial charge in [0, 0.05) is 33.1 Å². The fraction of sp³-hybridized carbons (Fsp3) is 0.542. The third-order valence-corrected chi connectivity index (χ3v) is 5.27. The van der Waals surface area contributed by atoms with Crippen molar-refractivity contribution >= 4 is 18.2 Å². The minimum atomic E-state index is -0.634. The van der Waals surface area contributed by atoms with Gasteiger partial charge in [0.1, 0.15) is 24.5 Å². The quantitative estimate of drug-likeness (QED) is 0.432. The van der Waals surface area contributed by atoms with E-state index in [1.807, 2.05) is 51.1 Å². The van der Waals surface area contributed by atoms with E-state index in [0.717, 1.165) is 5.56 Å². The van der Waals surface area contributed by atoms with Crippen LogP contribution < -0.4 is 0 Å². The molecule has 2 amide bonds. The summed E-state index contributed by atoms with van der Waals surface area (Å²) in [6.45, 7) is 8.44. The number of esters is 1. The first-order valence-electron chi connectivity index (χ1n) is 11.6. The second-order valence-electron chi connectivity index (χ2n) is 9.36. The molecule has 0 spiro atoms. The Balaban J connectivity index is 1.63. The van der Waals surface area contributed by atoms with E-state index >= 15 is 0 Å². The average molecular weight is 488 g/mol. The maximum absolute atomic E-state index is 12.9. The van der Waals surface area contributed by atoms with E-state index in [0.29, 0.717) is 38.3 Å². The molecule has 11 heteroatoms. The van der Waals surface area contributed by atoms with Crippen LogP contribution in [0.25, 0.3) is 0 Å². The Morgan fingerprint density at radius 2 is 1.77 bits per heavy atom. The smallest absolute Gasteiger partial charge is 0.410 e. The van der Waals surface area contributed by atoms with Crippen molar-refractivity contribution in [2.45, 2.75) is 65.5 Å². The van der Waals surface area contributed by atoms with E-state index in [2.05, 4.69) is 10.3 Å². The first kappa shape index (κ1) is 26.0. The number of amides is 2. The van der Waals surface area contributed by atoms with Crippen LogP contribution in [-0.4, -0.2) is 74.2 Å².